The number of anilines is 1. The van der Waals surface area contributed by atoms with Gasteiger partial charge in [0.2, 0.25) is 5.28 Å². The van der Waals surface area contributed by atoms with Crippen LogP contribution < -0.4 is 5.32 Å². The molecule has 13 heavy (non-hydrogen) atoms. The van der Waals surface area contributed by atoms with Crippen molar-refractivity contribution >= 4 is 29.2 Å². The molecule has 0 saturated heterocycles. The van der Waals surface area contributed by atoms with Gasteiger partial charge in [-0.1, -0.05) is 6.92 Å². The van der Waals surface area contributed by atoms with Crippen LogP contribution in [-0.4, -0.2) is 28.0 Å². The molecule has 72 valence electrons. The average Bonchev–Trinajstić information content (AvgIpc) is 2.14. The molecule has 1 rings (SSSR count). The summed E-state index contributed by atoms with van der Waals surface area (Å²) >= 11 is 7.44. The van der Waals surface area contributed by atoms with Crippen molar-refractivity contribution in [2.24, 2.45) is 0 Å². The van der Waals surface area contributed by atoms with Crippen molar-refractivity contribution in [3.63, 3.8) is 0 Å². The molecular weight excluding hydrogens is 206 g/mol. The van der Waals surface area contributed by atoms with E-state index in [1.54, 1.807) is 12.3 Å². The highest BCUT2D eigenvalue weighted by molar-refractivity contribution is 7.99. The van der Waals surface area contributed by atoms with E-state index in [2.05, 4.69) is 28.5 Å². The van der Waals surface area contributed by atoms with E-state index in [0.29, 0.717) is 5.25 Å². The zero-order valence-electron chi connectivity index (χ0n) is 7.62. The van der Waals surface area contributed by atoms with Crippen molar-refractivity contribution in [3.05, 3.63) is 17.5 Å². The SMILES string of the molecule is CSC(C)CNc1ccnc(Cl)n1. The molecule has 0 aliphatic carbocycles. The third kappa shape index (κ3) is 3.83. The topological polar surface area (TPSA) is 37.8 Å². The molecule has 0 bridgehead atoms. The third-order valence-corrected chi connectivity index (χ3v) is 2.75. The fourth-order valence-electron chi connectivity index (χ4n) is 0.765. The van der Waals surface area contributed by atoms with Crippen LogP contribution in [0.15, 0.2) is 12.3 Å². The van der Waals surface area contributed by atoms with Crippen LogP contribution in [0.1, 0.15) is 6.92 Å². The van der Waals surface area contributed by atoms with Crippen molar-refractivity contribution in [3.8, 4) is 0 Å². The fraction of sp³-hybridized carbons (Fsp3) is 0.500. The Labute approximate surface area is 87.3 Å². The van der Waals surface area contributed by atoms with Gasteiger partial charge in [0.05, 0.1) is 0 Å². The second kappa shape index (κ2) is 5.29. The first-order valence-corrected chi connectivity index (χ1v) is 5.64. The smallest absolute Gasteiger partial charge is 0.224 e. The lowest BCUT2D eigenvalue weighted by Crippen LogP contribution is -2.13. The van der Waals surface area contributed by atoms with E-state index in [4.69, 9.17) is 11.6 Å². The highest BCUT2D eigenvalue weighted by Crippen LogP contribution is 2.09. The molecule has 1 atom stereocenters. The Balaban J connectivity index is 2.45. The number of thioether (sulfide) groups is 1. The molecule has 0 aliphatic rings. The largest absolute Gasteiger partial charge is 0.369 e. The van der Waals surface area contributed by atoms with Gasteiger partial charge < -0.3 is 5.32 Å². The van der Waals surface area contributed by atoms with Crippen molar-refractivity contribution in [2.45, 2.75) is 12.2 Å². The average molecular weight is 218 g/mol. The number of hydrogen-bond donors (Lipinski definition) is 1. The Bertz CT molecular complexity index is 269. The van der Waals surface area contributed by atoms with E-state index in [0.717, 1.165) is 12.4 Å². The van der Waals surface area contributed by atoms with Gasteiger partial charge in [-0.05, 0) is 23.9 Å². The highest BCUT2D eigenvalue weighted by atomic mass is 35.5. The maximum Gasteiger partial charge on any atom is 0.224 e. The van der Waals surface area contributed by atoms with Gasteiger partial charge in [-0.15, -0.1) is 0 Å². The van der Waals surface area contributed by atoms with E-state index in [1.807, 2.05) is 11.8 Å². The highest BCUT2D eigenvalue weighted by Gasteiger charge is 2.00. The minimum atomic E-state index is 0.279. The molecule has 0 fully saturated rings. The molecule has 1 unspecified atom stereocenters. The molecule has 0 radical (unpaired) electrons. The summed E-state index contributed by atoms with van der Waals surface area (Å²) in [6.07, 6.45) is 3.72. The quantitative estimate of drug-likeness (QED) is 0.786. The van der Waals surface area contributed by atoms with Crippen LogP contribution in [0.2, 0.25) is 5.28 Å². The summed E-state index contributed by atoms with van der Waals surface area (Å²) in [6.45, 7) is 3.04. The van der Waals surface area contributed by atoms with Crippen LogP contribution in [0, 0.1) is 0 Å². The van der Waals surface area contributed by atoms with Crippen LogP contribution in [0.25, 0.3) is 0 Å². The van der Waals surface area contributed by atoms with Crippen LogP contribution in [0.4, 0.5) is 5.82 Å². The standard InChI is InChI=1S/C8H12ClN3S/c1-6(13-2)5-11-7-3-4-10-8(9)12-7/h3-4,6H,5H2,1-2H3,(H,10,11,12). The lowest BCUT2D eigenvalue weighted by molar-refractivity contribution is 0.986. The minimum absolute atomic E-state index is 0.279. The first-order chi connectivity index (χ1) is 6.22. The molecule has 0 saturated carbocycles. The molecule has 1 aromatic rings. The van der Waals surface area contributed by atoms with Crippen molar-refractivity contribution in [1.29, 1.82) is 0 Å². The van der Waals surface area contributed by atoms with Crippen molar-refractivity contribution < 1.29 is 0 Å². The Morgan fingerprint density at radius 2 is 2.46 bits per heavy atom. The normalized spacial score (nSPS) is 12.5. The maximum atomic E-state index is 5.63. The molecule has 3 nitrogen and oxygen atoms in total. The molecule has 1 aromatic heterocycles. The van der Waals surface area contributed by atoms with Crippen LogP contribution in [-0.2, 0) is 0 Å². The monoisotopic (exact) mass is 217 g/mol. The number of rotatable bonds is 4. The summed E-state index contributed by atoms with van der Waals surface area (Å²) < 4.78 is 0. The number of aromatic nitrogens is 2. The molecule has 0 amide bonds. The zero-order chi connectivity index (χ0) is 9.68. The van der Waals surface area contributed by atoms with Gasteiger partial charge in [0.25, 0.3) is 0 Å². The molecule has 0 aromatic carbocycles. The van der Waals surface area contributed by atoms with Gasteiger partial charge in [0.15, 0.2) is 0 Å². The Kier molecular flexibility index (Phi) is 4.32. The van der Waals surface area contributed by atoms with Gasteiger partial charge >= 0.3 is 0 Å². The maximum absolute atomic E-state index is 5.63. The summed E-state index contributed by atoms with van der Waals surface area (Å²) in [7, 11) is 0. The Morgan fingerprint density at radius 3 is 3.08 bits per heavy atom. The molecular formula is C8H12ClN3S. The molecule has 5 heteroatoms. The van der Waals surface area contributed by atoms with E-state index < -0.39 is 0 Å². The van der Waals surface area contributed by atoms with Gasteiger partial charge in [-0.25, -0.2) is 9.97 Å². The second-order valence-corrected chi connectivity index (χ2v) is 4.25. The second-order valence-electron chi connectivity index (χ2n) is 2.64. The molecule has 1 heterocycles. The first-order valence-electron chi connectivity index (χ1n) is 3.97. The first kappa shape index (κ1) is 10.6. The Hall–Kier alpha value is -0.480. The van der Waals surface area contributed by atoms with Crippen LogP contribution in [0.5, 0.6) is 0 Å². The lowest BCUT2D eigenvalue weighted by Gasteiger charge is -2.09. The third-order valence-electron chi connectivity index (χ3n) is 1.60. The number of nitrogens with zero attached hydrogens (tertiary/aromatic N) is 2. The van der Waals surface area contributed by atoms with E-state index in [1.165, 1.54) is 0 Å². The minimum Gasteiger partial charge on any atom is -0.369 e. The summed E-state index contributed by atoms with van der Waals surface area (Å²) in [4.78, 5) is 7.81. The summed E-state index contributed by atoms with van der Waals surface area (Å²) in [5.74, 6) is 0.779. The lowest BCUT2D eigenvalue weighted by atomic mass is 10.4. The summed E-state index contributed by atoms with van der Waals surface area (Å²) in [6, 6.07) is 1.80. The predicted octanol–water partition coefficient (Wildman–Crippen LogP) is 2.29. The van der Waals surface area contributed by atoms with Crippen LogP contribution >= 0.6 is 23.4 Å². The number of hydrogen-bond acceptors (Lipinski definition) is 4. The van der Waals surface area contributed by atoms with E-state index in [9.17, 15) is 0 Å². The number of halogens is 1. The molecule has 1 N–H and O–H groups in total. The van der Waals surface area contributed by atoms with Gasteiger partial charge in [0.1, 0.15) is 5.82 Å². The van der Waals surface area contributed by atoms with Crippen LogP contribution in [0.3, 0.4) is 0 Å². The van der Waals surface area contributed by atoms with Gasteiger partial charge in [0, 0.05) is 18.0 Å². The van der Waals surface area contributed by atoms with Crippen molar-refractivity contribution in [1.82, 2.24) is 9.97 Å². The summed E-state index contributed by atoms with van der Waals surface area (Å²) in [5, 5.41) is 4.02. The molecule has 0 aliphatic heterocycles. The summed E-state index contributed by atoms with van der Waals surface area (Å²) in [5.41, 5.74) is 0. The van der Waals surface area contributed by atoms with E-state index in [-0.39, 0.29) is 5.28 Å². The predicted molar refractivity (Wildman–Crippen MR) is 58.5 cm³/mol. The fourth-order valence-corrected chi connectivity index (χ4v) is 1.16. The van der Waals surface area contributed by atoms with Crippen molar-refractivity contribution in [2.75, 3.05) is 18.1 Å². The van der Waals surface area contributed by atoms with Gasteiger partial charge in [-0.2, -0.15) is 11.8 Å². The van der Waals surface area contributed by atoms with Gasteiger partial charge in [-0.3, -0.25) is 0 Å². The van der Waals surface area contributed by atoms with E-state index >= 15 is 0 Å². The zero-order valence-corrected chi connectivity index (χ0v) is 9.19. The number of nitrogens with one attached hydrogen (secondary N) is 1. The Morgan fingerprint density at radius 1 is 1.69 bits per heavy atom. The molecule has 0 spiro atoms.